The molecule has 0 atom stereocenters. The molecule has 0 bridgehead atoms. The highest BCUT2D eigenvalue weighted by atomic mass is 35.5. The van der Waals surface area contributed by atoms with Gasteiger partial charge in [0.1, 0.15) is 0 Å². The summed E-state index contributed by atoms with van der Waals surface area (Å²) in [6, 6.07) is 20.0. The molecule has 0 spiro atoms. The first-order valence-electron chi connectivity index (χ1n) is 16.6. The molecule has 0 unspecified atom stereocenters. The molecular weight excluding hydrogens is 671 g/mol. The van der Waals surface area contributed by atoms with Gasteiger partial charge in [-0.2, -0.15) is 10.2 Å². The van der Waals surface area contributed by atoms with Crippen molar-refractivity contribution < 1.29 is 9.47 Å². The van der Waals surface area contributed by atoms with E-state index in [2.05, 4.69) is 42.3 Å². The van der Waals surface area contributed by atoms with Crippen LogP contribution in [0.1, 0.15) is 33.6 Å². The zero-order chi connectivity index (χ0) is 34.2. The summed E-state index contributed by atoms with van der Waals surface area (Å²) in [5.41, 5.74) is 11.4. The number of aromatic nitrogens is 6. The summed E-state index contributed by atoms with van der Waals surface area (Å²) in [4.78, 5) is 14.6. The van der Waals surface area contributed by atoms with Crippen molar-refractivity contribution in [1.82, 2.24) is 40.2 Å². The van der Waals surface area contributed by atoms with E-state index in [1.807, 2.05) is 60.9 Å². The van der Waals surface area contributed by atoms with Gasteiger partial charge in [-0.05, 0) is 12.1 Å². The standard InChI is InChI=1S/C38H36Cl2N8O2/c1-49-37-23(19-47-15-13-31-25(21-47)17-41-45-31)9-11-33(43-37)29-7-3-5-27(35(29)39)28-6-4-8-30(36(28)40)34-12-10-24(38(44-34)50-2)20-48-16-14-32-26(22-48)18-42-46-32/h3-12,17-18H,13-16,19-22H2,1-2H3,(H,41,45)(H,42,46). The second-order valence-electron chi connectivity index (χ2n) is 12.7. The number of H-pyrrole nitrogens is 2. The Balaban J connectivity index is 1.05. The van der Waals surface area contributed by atoms with E-state index in [9.17, 15) is 0 Å². The van der Waals surface area contributed by atoms with Crippen LogP contribution in [0.5, 0.6) is 11.8 Å². The average Bonchev–Trinajstić information content (AvgIpc) is 3.82. The number of hydrogen-bond acceptors (Lipinski definition) is 8. The highest BCUT2D eigenvalue weighted by Gasteiger charge is 2.23. The van der Waals surface area contributed by atoms with Gasteiger partial charge in [0.2, 0.25) is 11.8 Å². The van der Waals surface area contributed by atoms with Gasteiger partial charge >= 0.3 is 0 Å². The Bertz CT molecular complexity index is 2030. The summed E-state index contributed by atoms with van der Waals surface area (Å²) >= 11 is 14.3. The molecule has 0 saturated heterocycles. The average molecular weight is 708 g/mol. The van der Waals surface area contributed by atoms with Crippen LogP contribution in [0.3, 0.4) is 0 Å². The minimum absolute atomic E-state index is 0.556. The molecule has 12 heteroatoms. The monoisotopic (exact) mass is 706 g/mol. The lowest BCUT2D eigenvalue weighted by Gasteiger charge is -2.26. The van der Waals surface area contributed by atoms with E-state index in [-0.39, 0.29) is 0 Å². The fourth-order valence-electron chi connectivity index (χ4n) is 7.02. The van der Waals surface area contributed by atoms with E-state index in [4.69, 9.17) is 42.6 Å². The van der Waals surface area contributed by atoms with Crippen molar-refractivity contribution in [3.63, 3.8) is 0 Å². The van der Waals surface area contributed by atoms with Crippen LogP contribution in [0.4, 0.5) is 0 Å². The molecule has 0 fully saturated rings. The molecule has 6 aromatic rings. The number of nitrogens with zero attached hydrogens (tertiary/aromatic N) is 6. The number of hydrogen-bond donors (Lipinski definition) is 2. The summed E-state index contributed by atoms with van der Waals surface area (Å²) in [6.45, 7) is 4.97. The third kappa shape index (κ3) is 6.24. The number of aromatic amines is 2. The molecule has 8 rings (SSSR count). The Labute approximate surface area is 300 Å². The van der Waals surface area contributed by atoms with Gasteiger partial charge in [0, 0.05) is 109 Å². The molecule has 50 heavy (non-hydrogen) atoms. The summed E-state index contributed by atoms with van der Waals surface area (Å²) in [6.07, 6.45) is 5.80. The molecule has 2 aliphatic heterocycles. The number of ether oxygens (including phenoxy) is 2. The van der Waals surface area contributed by atoms with Crippen molar-refractivity contribution in [3.8, 4) is 45.4 Å². The van der Waals surface area contributed by atoms with E-state index in [1.165, 1.54) is 11.1 Å². The molecule has 0 amide bonds. The lowest BCUT2D eigenvalue weighted by molar-refractivity contribution is 0.240. The van der Waals surface area contributed by atoms with Gasteiger partial charge < -0.3 is 9.47 Å². The highest BCUT2D eigenvalue weighted by Crippen LogP contribution is 2.42. The largest absolute Gasteiger partial charge is 0.481 e. The molecule has 2 aromatic carbocycles. The van der Waals surface area contributed by atoms with Gasteiger partial charge in [-0.1, -0.05) is 71.7 Å². The molecular formula is C38H36Cl2N8O2. The quantitative estimate of drug-likeness (QED) is 0.161. The fraction of sp³-hybridized carbons (Fsp3) is 0.263. The molecule has 0 radical (unpaired) electrons. The van der Waals surface area contributed by atoms with Crippen LogP contribution >= 0.6 is 23.2 Å². The van der Waals surface area contributed by atoms with Gasteiger partial charge in [-0.25, -0.2) is 9.97 Å². The van der Waals surface area contributed by atoms with Gasteiger partial charge in [0.15, 0.2) is 0 Å². The van der Waals surface area contributed by atoms with E-state index >= 15 is 0 Å². The number of halogens is 2. The van der Waals surface area contributed by atoms with E-state index in [1.54, 1.807) is 14.2 Å². The Hall–Kier alpha value is -4.74. The highest BCUT2D eigenvalue weighted by molar-refractivity contribution is 6.39. The molecule has 4 aromatic heterocycles. The summed E-state index contributed by atoms with van der Waals surface area (Å²) in [5, 5.41) is 15.8. The number of fused-ring (bicyclic) bond motifs is 2. The van der Waals surface area contributed by atoms with Crippen molar-refractivity contribution in [3.05, 3.63) is 117 Å². The number of rotatable bonds is 9. The second-order valence-corrected chi connectivity index (χ2v) is 13.5. The van der Waals surface area contributed by atoms with Crippen molar-refractivity contribution in [2.75, 3.05) is 27.3 Å². The van der Waals surface area contributed by atoms with E-state index in [0.717, 1.165) is 108 Å². The Morgan fingerprint density at radius 3 is 1.50 bits per heavy atom. The topological polar surface area (TPSA) is 108 Å². The van der Waals surface area contributed by atoms with Crippen LogP contribution in [0.25, 0.3) is 33.6 Å². The van der Waals surface area contributed by atoms with Crippen LogP contribution < -0.4 is 9.47 Å². The Kier molecular flexibility index (Phi) is 9.01. The Morgan fingerprint density at radius 1 is 0.620 bits per heavy atom. The van der Waals surface area contributed by atoms with Crippen molar-refractivity contribution >= 4 is 23.2 Å². The van der Waals surface area contributed by atoms with E-state index < -0.39 is 0 Å². The molecule has 6 heterocycles. The zero-order valence-corrected chi connectivity index (χ0v) is 29.4. The SMILES string of the molecule is COc1nc(-c2cccc(-c3cccc(-c4ccc(CN5CCc6n[nH]cc6C5)c(OC)n4)c3Cl)c2Cl)ccc1CN1CCc2n[nH]cc2C1. The third-order valence-electron chi connectivity index (χ3n) is 9.63. The molecule has 0 aliphatic carbocycles. The van der Waals surface area contributed by atoms with Crippen molar-refractivity contribution in [2.45, 2.75) is 39.0 Å². The summed E-state index contributed by atoms with van der Waals surface area (Å²) < 4.78 is 11.6. The number of nitrogens with one attached hydrogen (secondary N) is 2. The molecule has 2 N–H and O–H groups in total. The first-order chi connectivity index (χ1) is 24.5. The lowest BCUT2D eigenvalue weighted by atomic mass is 9.98. The number of benzene rings is 2. The maximum atomic E-state index is 7.16. The summed E-state index contributed by atoms with van der Waals surface area (Å²) in [5.74, 6) is 1.16. The van der Waals surface area contributed by atoms with Crippen LogP contribution in [-0.4, -0.2) is 67.5 Å². The minimum Gasteiger partial charge on any atom is -0.481 e. The van der Waals surface area contributed by atoms with Gasteiger partial charge in [-0.3, -0.25) is 20.0 Å². The number of methoxy groups -OCH3 is 2. The van der Waals surface area contributed by atoms with Crippen molar-refractivity contribution in [2.24, 2.45) is 0 Å². The number of pyridine rings is 2. The maximum absolute atomic E-state index is 7.16. The van der Waals surface area contributed by atoms with Crippen molar-refractivity contribution in [1.29, 1.82) is 0 Å². The fourth-order valence-corrected chi connectivity index (χ4v) is 7.67. The minimum atomic E-state index is 0.556. The zero-order valence-electron chi connectivity index (χ0n) is 27.8. The summed E-state index contributed by atoms with van der Waals surface area (Å²) in [7, 11) is 3.31. The smallest absolute Gasteiger partial charge is 0.218 e. The Morgan fingerprint density at radius 2 is 1.06 bits per heavy atom. The molecule has 2 aliphatic rings. The first-order valence-corrected chi connectivity index (χ1v) is 17.4. The second kappa shape index (κ2) is 13.9. The molecule has 254 valence electrons. The van der Waals surface area contributed by atoms with Crippen LogP contribution in [-0.2, 0) is 39.0 Å². The third-order valence-corrected chi connectivity index (χ3v) is 10.4. The van der Waals surface area contributed by atoms with E-state index in [0.29, 0.717) is 21.8 Å². The van der Waals surface area contributed by atoms with Gasteiger partial charge in [-0.15, -0.1) is 0 Å². The predicted octanol–water partition coefficient (Wildman–Crippen LogP) is 7.36. The van der Waals surface area contributed by atoms with Crippen LogP contribution in [0.2, 0.25) is 10.0 Å². The normalized spacial score (nSPS) is 14.7. The first kappa shape index (κ1) is 32.5. The van der Waals surface area contributed by atoms with Gasteiger partial charge in [0.25, 0.3) is 0 Å². The van der Waals surface area contributed by atoms with Gasteiger partial charge in [0.05, 0.1) is 47.0 Å². The van der Waals surface area contributed by atoms with Crippen LogP contribution in [0.15, 0.2) is 73.1 Å². The predicted molar refractivity (Wildman–Crippen MR) is 194 cm³/mol. The lowest BCUT2D eigenvalue weighted by Crippen LogP contribution is -2.29. The molecule has 0 saturated carbocycles. The molecule has 10 nitrogen and oxygen atoms in total. The van der Waals surface area contributed by atoms with Crippen LogP contribution in [0, 0.1) is 0 Å². The maximum Gasteiger partial charge on any atom is 0.218 e.